The van der Waals surface area contributed by atoms with Crippen molar-refractivity contribution in [2.75, 3.05) is 9.80 Å². The maximum atomic E-state index is 2.39. The lowest BCUT2D eigenvalue weighted by molar-refractivity contribution is 0.660. The van der Waals surface area contributed by atoms with Crippen LogP contribution in [-0.4, -0.2) is 0 Å². The number of hydrogen-bond donors (Lipinski definition) is 0. The lowest BCUT2D eigenvalue weighted by atomic mass is 9.82. The predicted molar refractivity (Wildman–Crippen MR) is 246 cm³/mol. The van der Waals surface area contributed by atoms with Gasteiger partial charge in [0.2, 0.25) is 0 Å². The Morgan fingerprint density at radius 1 is 0.293 bits per heavy atom. The summed E-state index contributed by atoms with van der Waals surface area (Å²) >= 11 is 0. The van der Waals surface area contributed by atoms with Crippen LogP contribution in [0, 0.1) is 0 Å². The highest BCUT2D eigenvalue weighted by Gasteiger charge is 2.37. The van der Waals surface area contributed by atoms with Crippen molar-refractivity contribution in [1.82, 2.24) is 0 Å². The number of rotatable bonds is 8. The van der Waals surface area contributed by atoms with E-state index in [1.807, 2.05) is 0 Å². The van der Waals surface area contributed by atoms with Gasteiger partial charge >= 0.3 is 0 Å². The molecule has 8 aromatic rings. The highest BCUT2D eigenvalue weighted by Crippen LogP contribution is 2.52. The number of anilines is 6. The molecule has 0 fully saturated rings. The zero-order valence-electron chi connectivity index (χ0n) is 33.5. The van der Waals surface area contributed by atoms with Gasteiger partial charge in [-0.1, -0.05) is 161 Å². The minimum atomic E-state index is -0.0665. The average molecular weight is 747 g/mol. The van der Waals surface area contributed by atoms with Crippen molar-refractivity contribution in [3.05, 3.63) is 228 Å². The summed E-state index contributed by atoms with van der Waals surface area (Å²) in [5.74, 6) is 0. The van der Waals surface area contributed by atoms with E-state index in [2.05, 4.69) is 244 Å². The van der Waals surface area contributed by atoms with Gasteiger partial charge in [0.05, 0.1) is 0 Å². The van der Waals surface area contributed by atoms with Crippen LogP contribution in [0.3, 0.4) is 0 Å². The molecule has 10 rings (SSSR count). The summed E-state index contributed by atoms with van der Waals surface area (Å²) < 4.78 is 0. The fourth-order valence-electron chi connectivity index (χ4n) is 9.37. The number of benzene rings is 8. The molecular weight excluding hydrogens is 701 g/mol. The Labute approximate surface area is 343 Å². The SMILES string of the molecule is CC1(C)c2ccccc2-c2ccc(N(c3ccccc3)c3ccc(/C=C/c4ccc(N(c5ccccc5)c5ccc6c(c5)C(C)(C)c5ccccc5-6)cc4)cc3)cc21. The molecule has 0 saturated carbocycles. The van der Waals surface area contributed by atoms with Crippen LogP contribution in [0.25, 0.3) is 34.4 Å². The molecule has 2 heteroatoms. The van der Waals surface area contributed by atoms with Crippen molar-refractivity contribution < 1.29 is 0 Å². The first-order valence-corrected chi connectivity index (χ1v) is 20.3. The molecule has 280 valence electrons. The Morgan fingerprint density at radius 3 is 1.00 bits per heavy atom. The van der Waals surface area contributed by atoms with Crippen molar-refractivity contribution in [1.29, 1.82) is 0 Å². The molecular formula is C56H46N2. The molecule has 2 nitrogen and oxygen atoms in total. The monoisotopic (exact) mass is 746 g/mol. The summed E-state index contributed by atoms with van der Waals surface area (Å²) in [6.07, 6.45) is 4.41. The van der Waals surface area contributed by atoms with E-state index in [4.69, 9.17) is 0 Å². The van der Waals surface area contributed by atoms with E-state index in [0.717, 1.165) is 45.3 Å². The lowest BCUT2D eigenvalue weighted by Crippen LogP contribution is -2.16. The van der Waals surface area contributed by atoms with Gasteiger partial charge < -0.3 is 9.80 Å². The van der Waals surface area contributed by atoms with Crippen LogP contribution in [0.1, 0.15) is 61.1 Å². The van der Waals surface area contributed by atoms with Crippen LogP contribution in [0.4, 0.5) is 34.1 Å². The molecule has 0 bridgehead atoms. The summed E-state index contributed by atoms with van der Waals surface area (Å²) in [7, 11) is 0. The molecule has 0 radical (unpaired) electrons. The fourth-order valence-corrected chi connectivity index (χ4v) is 9.37. The third-order valence-corrected chi connectivity index (χ3v) is 12.5. The van der Waals surface area contributed by atoms with Crippen molar-refractivity contribution in [2.24, 2.45) is 0 Å². The highest BCUT2D eigenvalue weighted by molar-refractivity contribution is 5.87. The molecule has 0 aromatic heterocycles. The van der Waals surface area contributed by atoms with Gasteiger partial charge in [-0.2, -0.15) is 0 Å². The van der Waals surface area contributed by atoms with Gasteiger partial charge in [-0.05, 0) is 128 Å². The molecule has 0 atom stereocenters. The fraction of sp³-hybridized carbons (Fsp3) is 0.107. The minimum absolute atomic E-state index is 0.0665. The highest BCUT2D eigenvalue weighted by atomic mass is 15.1. The summed E-state index contributed by atoms with van der Waals surface area (Å²) in [6, 6.07) is 70.8. The second kappa shape index (κ2) is 13.9. The van der Waals surface area contributed by atoms with E-state index >= 15 is 0 Å². The number of para-hydroxylation sites is 2. The van der Waals surface area contributed by atoms with E-state index in [1.54, 1.807) is 0 Å². The van der Waals surface area contributed by atoms with Crippen molar-refractivity contribution in [3.8, 4) is 22.3 Å². The standard InChI is InChI=1S/C56H46N2/c1-55(2)51-21-13-11-19-47(51)49-35-33-45(37-53(49)55)57(41-15-7-5-8-16-41)43-29-25-39(26-30-43)23-24-40-27-31-44(32-28-40)58(42-17-9-6-10-18-42)46-34-36-50-48-20-12-14-22-52(48)56(3,4)54(50)38-46/h5-38H,1-4H3/b24-23+. The first-order valence-electron chi connectivity index (χ1n) is 20.3. The topological polar surface area (TPSA) is 6.48 Å². The molecule has 0 saturated heterocycles. The maximum Gasteiger partial charge on any atom is 0.0465 e. The minimum Gasteiger partial charge on any atom is -0.310 e. The molecule has 0 spiro atoms. The van der Waals surface area contributed by atoms with Gasteiger partial charge in [0, 0.05) is 45.0 Å². The van der Waals surface area contributed by atoms with Crippen LogP contribution >= 0.6 is 0 Å². The molecule has 0 amide bonds. The van der Waals surface area contributed by atoms with Gasteiger partial charge in [0.1, 0.15) is 0 Å². The third-order valence-electron chi connectivity index (χ3n) is 12.5. The van der Waals surface area contributed by atoms with Crippen LogP contribution in [-0.2, 0) is 10.8 Å². The van der Waals surface area contributed by atoms with E-state index in [0.29, 0.717) is 0 Å². The summed E-state index contributed by atoms with van der Waals surface area (Å²) in [5, 5.41) is 0. The first kappa shape index (κ1) is 35.5. The normalized spacial score (nSPS) is 14.1. The molecule has 58 heavy (non-hydrogen) atoms. The zero-order valence-corrected chi connectivity index (χ0v) is 33.5. The Kier molecular flexibility index (Phi) is 8.53. The third kappa shape index (κ3) is 5.96. The van der Waals surface area contributed by atoms with E-state index in [-0.39, 0.29) is 10.8 Å². The Morgan fingerprint density at radius 2 is 0.603 bits per heavy atom. The maximum absolute atomic E-state index is 2.39. The summed E-state index contributed by atoms with van der Waals surface area (Å²) in [4.78, 5) is 4.73. The number of nitrogens with zero attached hydrogens (tertiary/aromatic N) is 2. The van der Waals surface area contributed by atoms with E-state index in [9.17, 15) is 0 Å². The molecule has 2 aliphatic rings. The van der Waals surface area contributed by atoms with Crippen molar-refractivity contribution in [2.45, 2.75) is 38.5 Å². The van der Waals surface area contributed by atoms with Crippen LogP contribution in [0.5, 0.6) is 0 Å². The molecule has 0 heterocycles. The van der Waals surface area contributed by atoms with Gasteiger partial charge in [-0.3, -0.25) is 0 Å². The van der Waals surface area contributed by atoms with Crippen molar-refractivity contribution in [3.63, 3.8) is 0 Å². The second-order valence-electron chi connectivity index (χ2n) is 16.7. The van der Waals surface area contributed by atoms with Gasteiger partial charge in [0.15, 0.2) is 0 Å². The Bertz CT molecular complexity index is 2620. The van der Waals surface area contributed by atoms with Gasteiger partial charge in [-0.25, -0.2) is 0 Å². The average Bonchev–Trinajstić information content (AvgIpc) is 3.64. The molecule has 8 aromatic carbocycles. The van der Waals surface area contributed by atoms with Gasteiger partial charge in [-0.15, -0.1) is 0 Å². The van der Waals surface area contributed by atoms with Gasteiger partial charge in [0.25, 0.3) is 0 Å². The number of hydrogen-bond acceptors (Lipinski definition) is 2. The quantitative estimate of drug-likeness (QED) is 0.143. The van der Waals surface area contributed by atoms with E-state index in [1.165, 1.54) is 44.5 Å². The molecule has 0 aliphatic heterocycles. The zero-order chi connectivity index (χ0) is 39.4. The van der Waals surface area contributed by atoms with Crippen LogP contribution in [0.15, 0.2) is 194 Å². The molecule has 0 unspecified atom stereocenters. The van der Waals surface area contributed by atoms with Crippen LogP contribution < -0.4 is 9.80 Å². The van der Waals surface area contributed by atoms with E-state index < -0.39 is 0 Å². The van der Waals surface area contributed by atoms with Crippen LogP contribution in [0.2, 0.25) is 0 Å². The molecule has 2 aliphatic carbocycles. The lowest BCUT2D eigenvalue weighted by Gasteiger charge is -2.28. The molecule has 0 N–H and O–H groups in total. The van der Waals surface area contributed by atoms with Crippen molar-refractivity contribution >= 4 is 46.3 Å². The second-order valence-corrected chi connectivity index (χ2v) is 16.7. The summed E-state index contributed by atoms with van der Waals surface area (Å²) in [5.41, 5.74) is 19.9. The Balaban J connectivity index is 0.926. The smallest absolute Gasteiger partial charge is 0.0465 e. The predicted octanol–water partition coefficient (Wildman–Crippen LogP) is 15.4. The Hall–Kier alpha value is -6.90. The summed E-state index contributed by atoms with van der Waals surface area (Å²) in [6.45, 7) is 9.37. The largest absolute Gasteiger partial charge is 0.310 e. The number of fused-ring (bicyclic) bond motifs is 6. The first-order chi connectivity index (χ1) is 28.3.